The zero-order valence-electron chi connectivity index (χ0n) is 8.22. The molecule has 1 saturated carbocycles. The third-order valence-corrected chi connectivity index (χ3v) is 6.41. The number of nitrogens with one attached hydrogen (secondary N) is 1. The van der Waals surface area contributed by atoms with E-state index in [1.54, 1.807) is 14.2 Å². The van der Waals surface area contributed by atoms with E-state index < -0.39 is 8.72 Å². The van der Waals surface area contributed by atoms with Crippen molar-refractivity contribution in [3.05, 3.63) is 0 Å². The lowest BCUT2D eigenvalue weighted by molar-refractivity contribution is 0.217. The summed E-state index contributed by atoms with van der Waals surface area (Å²) in [4.78, 5) is 3.25. The first kappa shape index (κ1) is 10.2. The quantitative estimate of drug-likeness (QED) is 0.678. The van der Waals surface area contributed by atoms with Crippen LogP contribution in [0.2, 0.25) is 5.54 Å². The number of hydrogen-bond donors (Lipinski definition) is 1. The van der Waals surface area contributed by atoms with Crippen LogP contribution in [0.15, 0.2) is 0 Å². The summed E-state index contributed by atoms with van der Waals surface area (Å²) in [5, 5.41) is 0. The summed E-state index contributed by atoms with van der Waals surface area (Å²) in [7, 11) is 3.42. The van der Waals surface area contributed by atoms with Crippen LogP contribution in [0.1, 0.15) is 25.7 Å². The van der Waals surface area contributed by atoms with Gasteiger partial charge < -0.3 is 8.85 Å². The molecule has 1 aliphatic carbocycles. The van der Waals surface area contributed by atoms with Crippen molar-refractivity contribution in [1.29, 1.82) is 0 Å². The van der Waals surface area contributed by atoms with E-state index in [9.17, 15) is 0 Å². The minimum absolute atomic E-state index is 0.637. The highest BCUT2D eigenvalue weighted by Gasteiger charge is 2.45. The molecule has 12 heavy (non-hydrogen) atoms. The van der Waals surface area contributed by atoms with E-state index in [4.69, 9.17) is 8.85 Å². The minimum atomic E-state index is -2.03. The van der Waals surface area contributed by atoms with Gasteiger partial charge in [0.2, 0.25) is 0 Å². The second kappa shape index (κ2) is 4.37. The molecule has 1 N–H and O–H groups in total. The van der Waals surface area contributed by atoms with Crippen LogP contribution in [-0.4, -0.2) is 30.0 Å². The molecule has 0 aromatic carbocycles. The van der Waals surface area contributed by atoms with Crippen molar-refractivity contribution < 1.29 is 8.85 Å². The molecule has 1 rings (SSSR count). The van der Waals surface area contributed by atoms with Gasteiger partial charge in [-0.15, -0.1) is 0 Å². The fourth-order valence-electron chi connectivity index (χ4n) is 2.13. The third-order valence-electron chi connectivity index (χ3n) is 2.85. The SMILES string of the molecule is CN[Si](OC)(OC)C1CCCC1. The lowest BCUT2D eigenvalue weighted by atomic mass is 10.4. The van der Waals surface area contributed by atoms with Crippen LogP contribution in [-0.2, 0) is 8.85 Å². The van der Waals surface area contributed by atoms with Crippen molar-refractivity contribution >= 4 is 8.72 Å². The summed E-state index contributed by atoms with van der Waals surface area (Å²) >= 11 is 0. The second-order valence-corrected chi connectivity index (χ2v) is 6.78. The Morgan fingerprint density at radius 1 is 1.17 bits per heavy atom. The second-order valence-electron chi connectivity index (χ2n) is 3.31. The van der Waals surface area contributed by atoms with Gasteiger partial charge >= 0.3 is 8.72 Å². The predicted molar refractivity (Wildman–Crippen MR) is 51.0 cm³/mol. The normalized spacial score (nSPS) is 20.2. The molecule has 1 aliphatic rings. The molecular weight excluding hydrogens is 170 g/mol. The molecule has 0 heterocycles. The van der Waals surface area contributed by atoms with Crippen molar-refractivity contribution in [1.82, 2.24) is 4.98 Å². The standard InChI is InChI=1S/C8H19NO2Si/c1-9-12(10-2,11-3)8-6-4-5-7-8/h8-9H,4-7H2,1-3H3. The van der Waals surface area contributed by atoms with Crippen molar-refractivity contribution in [2.75, 3.05) is 21.3 Å². The van der Waals surface area contributed by atoms with Crippen LogP contribution in [0.25, 0.3) is 0 Å². The molecule has 0 spiro atoms. The Bertz CT molecular complexity index is 125. The van der Waals surface area contributed by atoms with E-state index in [0.29, 0.717) is 5.54 Å². The van der Waals surface area contributed by atoms with E-state index in [1.165, 1.54) is 25.7 Å². The van der Waals surface area contributed by atoms with Crippen LogP contribution in [0.4, 0.5) is 0 Å². The molecule has 0 aliphatic heterocycles. The molecule has 0 bridgehead atoms. The molecule has 0 aromatic rings. The Morgan fingerprint density at radius 3 is 2.00 bits per heavy atom. The van der Waals surface area contributed by atoms with E-state index in [0.717, 1.165) is 0 Å². The van der Waals surface area contributed by atoms with Crippen LogP contribution < -0.4 is 4.98 Å². The maximum atomic E-state index is 5.53. The highest BCUT2D eigenvalue weighted by atomic mass is 28.4. The molecule has 0 amide bonds. The van der Waals surface area contributed by atoms with Gasteiger partial charge in [-0.3, -0.25) is 4.98 Å². The Hall–Kier alpha value is 0.0969. The Morgan fingerprint density at radius 2 is 1.67 bits per heavy atom. The summed E-state index contributed by atoms with van der Waals surface area (Å²) in [6.45, 7) is 0. The van der Waals surface area contributed by atoms with Gasteiger partial charge in [0.25, 0.3) is 0 Å². The highest BCUT2D eigenvalue weighted by Crippen LogP contribution is 2.37. The molecule has 0 unspecified atom stereocenters. The first-order chi connectivity index (χ1) is 5.79. The molecule has 3 nitrogen and oxygen atoms in total. The van der Waals surface area contributed by atoms with E-state index in [1.807, 2.05) is 7.05 Å². The van der Waals surface area contributed by atoms with Gasteiger partial charge in [0, 0.05) is 19.8 Å². The Balaban J connectivity index is 2.61. The maximum absolute atomic E-state index is 5.53. The topological polar surface area (TPSA) is 30.5 Å². The molecule has 0 atom stereocenters. The lowest BCUT2D eigenvalue weighted by Crippen LogP contribution is -2.56. The van der Waals surface area contributed by atoms with E-state index in [-0.39, 0.29) is 0 Å². The summed E-state index contributed by atoms with van der Waals surface area (Å²) in [6.07, 6.45) is 5.17. The van der Waals surface area contributed by atoms with Crippen molar-refractivity contribution in [2.45, 2.75) is 31.2 Å². The smallest absolute Gasteiger partial charge is 0.386 e. The lowest BCUT2D eigenvalue weighted by Gasteiger charge is -2.31. The minimum Gasteiger partial charge on any atom is -0.386 e. The monoisotopic (exact) mass is 189 g/mol. The third kappa shape index (κ3) is 1.71. The molecule has 4 heteroatoms. The fourth-order valence-corrected chi connectivity index (χ4v) is 4.95. The van der Waals surface area contributed by atoms with Crippen molar-refractivity contribution in [2.24, 2.45) is 0 Å². The van der Waals surface area contributed by atoms with Gasteiger partial charge in [0.15, 0.2) is 0 Å². The van der Waals surface area contributed by atoms with Gasteiger partial charge in [-0.25, -0.2) is 0 Å². The van der Waals surface area contributed by atoms with Gasteiger partial charge in [-0.1, -0.05) is 12.8 Å². The predicted octanol–water partition coefficient (Wildman–Crippen LogP) is 1.38. The summed E-state index contributed by atoms with van der Waals surface area (Å²) in [5.41, 5.74) is 0.637. The van der Waals surface area contributed by atoms with Gasteiger partial charge in [-0.05, 0) is 19.9 Å². The van der Waals surface area contributed by atoms with Gasteiger partial charge in [0.05, 0.1) is 0 Å². The molecule has 72 valence electrons. The van der Waals surface area contributed by atoms with Crippen LogP contribution >= 0.6 is 0 Å². The van der Waals surface area contributed by atoms with Crippen molar-refractivity contribution in [3.8, 4) is 0 Å². The average Bonchev–Trinajstić information content (AvgIpc) is 2.62. The summed E-state index contributed by atoms with van der Waals surface area (Å²) in [6, 6.07) is 0. The average molecular weight is 189 g/mol. The van der Waals surface area contributed by atoms with Crippen LogP contribution in [0, 0.1) is 0 Å². The first-order valence-electron chi connectivity index (χ1n) is 4.58. The zero-order valence-corrected chi connectivity index (χ0v) is 9.22. The van der Waals surface area contributed by atoms with E-state index >= 15 is 0 Å². The van der Waals surface area contributed by atoms with Crippen molar-refractivity contribution in [3.63, 3.8) is 0 Å². The van der Waals surface area contributed by atoms with Gasteiger partial charge in [0.1, 0.15) is 0 Å². The summed E-state index contributed by atoms with van der Waals surface area (Å²) < 4.78 is 11.1. The Kier molecular flexibility index (Phi) is 3.70. The molecule has 0 aromatic heterocycles. The van der Waals surface area contributed by atoms with Gasteiger partial charge in [-0.2, -0.15) is 0 Å². The number of hydrogen-bond acceptors (Lipinski definition) is 3. The molecular formula is C8H19NO2Si. The largest absolute Gasteiger partial charge is 0.427 e. The van der Waals surface area contributed by atoms with Crippen LogP contribution in [0.3, 0.4) is 0 Å². The number of rotatable bonds is 4. The molecule has 0 radical (unpaired) electrons. The molecule has 1 fully saturated rings. The van der Waals surface area contributed by atoms with E-state index in [2.05, 4.69) is 4.98 Å². The molecule has 0 saturated heterocycles. The first-order valence-corrected chi connectivity index (χ1v) is 6.47. The van der Waals surface area contributed by atoms with Crippen LogP contribution in [0.5, 0.6) is 0 Å². The maximum Gasteiger partial charge on any atom is 0.427 e. The Labute approximate surface area is 75.8 Å². The zero-order chi connectivity index (χ0) is 9.03. The highest BCUT2D eigenvalue weighted by molar-refractivity contribution is 6.66. The fraction of sp³-hybridized carbons (Fsp3) is 1.00. The summed E-state index contributed by atoms with van der Waals surface area (Å²) in [5.74, 6) is 0.